The second-order valence-corrected chi connectivity index (χ2v) is 8.01. The Balaban J connectivity index is 1.57. The van der Waals surface area contributed by atoms with E-state index in [0.29, 0.717) is 42.7 Å². The molecule has 2 amide bonds. The van der Waals surface area contributed by atoms with Gasteiger partial charge in [0.15, 0.2) is 6.10 Å². The first-order valence-corrected chi connectivity index (χ1v) is 10.3. The highest BCUT2D eigenvalue weighted by Crippen LogP contribution is 2.27. The Labute approximate surface area is 177 Å². The number of rotatable bonds is 5. The highest BCUT2D eigenvalue weighted by Gasteiger charge is 2.28. The molecule has 1 saturated heterocycles. The lowest BCUT2D eigenvalue weighted by atomic mass is 10.0. The van der Waals surface area contributed by atoms with E-state index in [-0.39, 0.29) is 11.8 Å². The molecule has 6 heteroatoms. The summed E-state index contributed by atoms with van der Waals surface area (Å²) in [6.07, 6.45) is -0.576. The van der Waals surface area contributed by atoms with Crippen molar-refractivity contribution < 1.29 is 14.3 Å². The zero-order valence-electron chi connectivity index (χ0n) is 17.1. The smallest absolute Gasteiger partial charge is 0.263 e. The maximum absolute atomic E-state index is 12.9. The Bertz CT molecular complexity index is 859. The Morgan fingerprint density at radius 1 is 0.897 bits per heavy atom. The third-order valence-electron chi connectivity index (χ3n) is 5.16. The van der Waals surface area contributed by atoms with E-state index in [4.69, 9.17) is 16.3 Å². The van der Waals surface area contributed by atoms with Gasteiger partial charge in [0.2, 0.25) is 0 Å². The largest absolute Gasteiger partial charge is 0.481 e. The van der Waals surface area contributed by atoms with Crippen molar-refractivity contribution in [3.05, 3.63) is 64.7 Å². The van der Waals surface area contributed by atoms with Gasteiger partial charge >= 0.3 is 0 Å². The van der Waals surface area contributed by atoms with Crippen molar-refractivity contribution in [1.29, 1.82) is 0 Å². The summed E-state index contributed by atoms with van der Waals surface area (Å²) in [7, 11) is 0. The molecule has 1 unspecified atom stereocenters. The number of carbonyl (C=O) groups is 2. The maximum Gasteiger partial charge on any atom is 0.263 e. The van der Waals surface area contributed by atoms with Gasteiger partial charge in [-0.05, 0) is 48.7 Å². The molecule has 154 valence electrons. The normalized spacial score (nSPS) is 15.3. The van der Waals surface area contributed by atoms with Gasteiger partial charge in [-0.3, -0.25) is 9.59 Å². The van der Waals surface area contributed by atoms with Gasteiger partial charge in [0.25, 0.3) is 11.8 Å². The van der Waals surface area contributed by atoms with Gasteiger partial charge in [-0.15, -0.1) is 0 Å². The second kappa shape index (κ2) is 9.31. The van der Waals surface area contributed by atoms with Gasteiger partial charge in [-0.1, -0.05) is 43.6 Å². The third kappa shape index (κ3) is 5.10. The van der Waals surface area contributed by atoms with Gasteiger partial charge in [-0.2, -0.15) is 0 Å². The number of amides is 2. The second-order valence-electron chi connectivity index (χ2n) is 7.58. The molecular weight excluding hydrogens is 388 g/mol. The van der Waals surface area contributed by atoms with Gasteiger partial charge in [0.1, 0.15) is 5.75 Å². The Morgan fingerprint density at radius 3 is 2.10 bits per heavy atom. The SMILES string of the molecule is CC(Oc1ccccc1C(C)C)C(=O)N1CCN(C(=O)c2ccc(Cl)cc2)CC1. The number of carbonyl (C=O) groups excluding carboxylic acids is 2. The van der Waals surface area contributed by atoms with Crippen molar-refractivity contribution >= 4 is 23.4 Å². The lowest BCUT2D eigenvalue weighted by Crippen LogP contribution is -2.53. The average molecular weight is 415 g/mol. The lowest BCUT2D eigenvalue weighted by molar-refractivity contribution is -0.139. The molecule has 2 aromatic rings. The van der Waals surface area contributed by atoms with Crippen LogP contribution in [0.4, 0.5) is 0 Å². The molecule has 0 aromatic heterocycles. The van der Waals surface area contributed by atoms with Crippen LogP contribution in [-0.4, -0.2) is 53.9 Å². The van der Waals surface area contributed by atoms with Gasteiger partial charge in [0, 0.05) is 36.8 Å². The highest BCUT2D eigenvalue weighted by molar-refractivity contribution is 6.30. The highest BCUT2D eigenvalue weighted by atomic mass is 35.5. The minimum Gasteiger partial charge on any atom is -0.481 e. The van der Waals surface area contributed by atoms with Crippen molar-refractivity contribution in [3.63, 3.8) is 0 Å². The van der Waals surface area contributed by atoms with Gasteiger partial charge in [-0.25, -0.2) is 0 Å². The number of para-hydroxylation sites is 1. The van der Waals surface area contributed by atoms with Crippen LogP contribution >= 0.6 is 11.6 Å². The topological polar surface area (TPSA) is 49.9 Å². The molecule has 5 nitrogen and oxygen atoms in total. The van der Waals surface area contributed by atoms with E-state index in [0.717, 1.165) is 11.3 Å². The molecule has 0 spiro atoms. The molecule has 1 fully saturated rings. The minimum atomic E-state index is -0.576. The summed E-state index contributed by atoms with van der Waals surface area (Å²) in [6, 6.07) is 14.7. The number of nitrogens with zero attached hydrogens (tertiary/aromatic N) is 2. The number of hydrogen-bond acceptors (Lipinski definition) is 3. The first kappa shape index (κ1) is 21.2. The minimum absolute atomic E-state index is 0.0380. The summed E-state index contributed by atoms with van der Waals surface area (Å²) in [5.41, 5.74) is 1.70. The van der Waals surface area contributed by atoms with Gasteiger partial charge < -0.3 is 14.5 Å². The molecule has 0 aliphatic carbocycles. The predicted octanol–water partition coefficient (Wildman–Crippen LogP) is 4.22. The van der Waals surface area contributed by atoms with Crippen molar-refractivity contribution in [3.8, 4) is 5.75 Å². The summed E-state index contributed by atoms with van der Waals surface area (Å²) < 4.78 is 5.99. The quantitative estimate of drug-likeness (QED) is 0.736. The summed E-state index contributed by atoms with van der Waals surface area (Å²) in [5, 5.41) is 0.602. The number of halogens is 1. The number of ether oxygens (including phenoxy) is 1. The number of benzene rings is 2. The van der Waals surface area contributed by atoms with Crippen LogP contribution in [0.5, 0.6) is 5.75 Å². The Hall–Kier alpha value is -2.53. The summed E-state index contributed by atoms with van der Waals surface area (Å²) in [6.45, 7) is 7.99. The standard InChI is InChI=1S/C23H27ClN2O3/c1-16(2)20-6-4-5-7-21(20)29-17(3)22(27)25-12-14-26(15-13-25)23(28)18-8-10-19(24)11-9-18/h4-11,16-17H,12-15H2,1-3H3. The Kier molecular flexibility index (Phi) is 6.80. The van der Waals surface area contributed by atoms with E-state index in [1.54, 1.807) is 41.0 Å². The van der Waals surface area contributed by atoms with Crippen molar-refractivity contribution in [1.82, 2.24) is 9.80 Å². The molecule has 0 N–H and O–H groups in total. The van der Waals surface area contributed by atoms with Crippen LogP contribution in [0.25, 0.3) is 0 Å². The molecular formula is C23H27ClN2O3. The number of piperazine rings is 1. The first-order valence-electron chi connectivity index (χ1n) is 9.96. The molecule has 3 rings (SSSR count). The molecule has 1 aliphatic rings. The van der Waals surface area contributed by atoms with E-state index in [1.165, 1.54) is 0 Å². The van der Waals surface area contributed by atoms with Crippen LogP contribution in [0.3, 0.4) is 0 Å². The van der Waals surface area contributed by atoms with E-state index >= 15 is 0 Å². The molecule has 2 aromatic carbocycles. The first-order chi connectivity index (χ1) is 13.9. The fourth-order valence-electron chi connectivity index (χ4n) is 3.47. The van der Waals surface area contributed by atoms with Crippen molar-refractivity contribution in [2.24, 2.45) is 0 Å². The summed E-state index contributed by atoms with van der Waals surface area (Å²) >= 11 is 5.89. The van der Waals surface area contributed by atoms with E-state index in [1.807, 2.05) is 24.3 Å². The molecule has 1 aliphatic heterocycles. The fourth-order valence-corrected chi connectivity index (χ4v) is 3.59. The Morgan fingerprint density at radius 2 is 1.48 bits per heavy atom. The monoisotopic (exact) mass is 414 g/mol. The van der Waals surface area contributed by atoms with E-state index in [9.17, 15) is 9.59 Å². The number of hydrogen-bond donors (Lipinski definition) is 0. The fraction of sp³-hybridized carbons (Fsp3) is 0.391. The predicted molar refractivity (Wildman–Crippen MR) is 115 cm³/mol. The zero-order chi connectivity index (χ0) is 21.0. The third-order valence-corrected chi connectivity index (χ3v) is 5.41. The molecule has 0 saturated carbocycles. The van der Waals surface area contributed by atoms with E-state index < -0.39 is 6.10 Å². The zero-order valence-corrected chi connectivity index (χ0v) is 17.9. The molecule has 1 heterocycles. The maximum atomic E-state index is 12.9. The van der Waals surface area contributed by atoms with Crippen LogP contribution in [-0.2, 0) is 4.79 Å². The molecule has 1 atom stereocenters. The van der Waals surface area contributed by atoms with Crippen LogP contribution in [0.2, 0.25) is 5.02 Å². The molecule has 0 bridgehead atoms. The van der Waals surface area contributed by atoms with Crippen LogP contribution in [0, 0.1) is 0 Å². The summed E-state index contributed by atoms with van der Waals surface area (Å²) in [4.78, 5) is 29.0. The van der Waals surface area contributed by atoms with Crippen LogP contribution in [0.15, 0.2) is 48.5 Å². The molecule has 29 heavy (non-hydrogen) atoms. The van der Waals surface area contributed by atoms with Crippen LogP contribution < -0.4 is 4.74 Å². The van der Waals surface area contributed by atoms with E-state index in [2.05, 4.69) is 13.8 Å². The lowest BCUT2D eigenvalue weighted by Gasteiger charge is -2.36. The van der Waals surface area contributed by atoms with Crippen molar-refractivity contribution in [2.45, 2.75) is 32.8 Å². The van der Waals surface area contributed by atoms with Crippen LogP contribution in [0.1, 0.15) is 42.6 Å². The average Bonchev–Trinajstić information content (AvgIpc) is 2.73. The van der Waals surface area contributed by atoms with Crippen molar-refractivity contribution in [2.75, 3.05) is 26.2 Å². The summed E-state index contributed by atoms with van der Waals surface area (Å²) in [5.74, 6) is 0.974. The molecule has 0 radical (unpaired) electrons. The van der Waals surface area contributed by atoms with Gasteiger partial charge in [0.05, 0.1) is 0 Å².